The highest BCUT2D eigenvalue weighted by Crippen LogP contribution is 2.13. The number of aliphatic imine (C=N–C) groups is 1. The van der Waals surface area contributed by atoms with E-state index in [0.29, 0.717) is 19.7 Å². The molecule has 1 aromatic rings. The number of thiazole rings is 1. The van der Waals surface area contributed by atoms with Gasteiger partial charge in [-0.3, -0.25) is 14.7 Å². The summed E-state index contributed by atoms with van der Waals surface area (Å²) in [6.07, 6.45) is 3.89. The van der Waals surface area contributed by atoms with E-state index in [1.807, 2.05) is 6.20 Å². The lowest BCUT2D eigenvalue weighted by Gasteiger charge is -2.36. The van der Waals surface area contributed by atoms with Crippen LogP contribution in [-0.2, 0) is 22.4 Å². The lowest BCUT2D eigenvalue weighted by atomic mass is 10.3. The lowest BCUT2D eigenvalue weighted by molar-refractivity contribution is -0.122. The Hall–Kier alpha value is -0.980. The van der Waals surface area contributed by atoms with Gasteiger partial charge < -0.3 is 20.3 Å². The highest BCUT2D eigenvalue weighted by Gasteiger charge is 2.21. The predicted octanol–water partition coefficient (Wildman–Crippen LogP) is 1.21. The van der Waals surface area contributed by atoms with Crippen molar-refractivity contribution in [1.82, 2.24) is 25.4 Å². The number of piperazine rings is 1. The molecule has 2 rings (SSSR count). The Bertz CT molecular complexity index is 620. The van der Waals surface area contributed by atoms with Crippen LogP contribution in [-0.4, -0.2) is 92.7 Å². The molecule has 0 radical (unpaired) electrons. The zero-order valence-corrected chi connectivity index (χ0v) is 20.9. The molecule has 29 heavy (non-hydrogen) atoms. The van der Waals surface area contributed by atoms with Crippen LogP contribution in [0.25, 0.3) is 0 Å². The third-order valence-electron chi connectivity index (χ3n) is 4.54. The molecule has 0 bridgehead atoms. The van der Waals surface area contributed by atoms with Gasteiger partial charge in [0.05, 0.1) is 18.2 Å². The highest BCUT2D eigenvalue weighted by atomic mass is 127. The molecule has 1 saturated heterocycles. The van der Waals surface area contributed by atoms with Gasteiger partial charge in [0.25, 0.3) is 0 Å². The summed E-state index contributed by atoms with van der Waals surface area (Å²) in [5.41, 5.74) is 0. The number of halogens is 1. The SMILES string of the molecule is CCNC(=NCCc1ncc(CC)s1)N1CCN(CC(=O)NCCOC)CC1.I. The van der Waals surface area contributed by atoms with E-state index in [-0.39, 0.29) is 29.9 Å². The Kier molecular flexibility index (Phi) is 13.4. The molecular weight excluding hydrogens is 503 g/mol. The van der Waals surface area contributed by atoms with Crippen molar-refractivity contribution >= 4 is 47.2 Å². The van der Waals surface area contributed by atoms with E-state index in [2.05, 4.69) is 39.3 Å². The van der Waals surface area contributed by atoms with Crippen molar-refractivity contribution in [3.05, 3.63) is 16.1 Å². The molecule has 1 amide bonds. The van der Waals surface area contributed by atoms with Gasteiger partial charge in [-0.1, -0.05) is 6.92 Å². The van der Waals surface area contributed by atoms with E-state index in [0.717, 1.165) is 63.1 Å². The number of rotatable bonds is 10. The van der Waals surface area contributed by atoms with Crippen molar-refractivity contribution in [2.75, 3.05) is 66.1 Å². The molecule has 1 fully saturated rings. The molecule has 8 nitrogen and oxygen atoms in total. The summed E-state index contributed by atoms with van der Waals surface area (Å²) in [7, 11) is 1.63. The molecule has 1 aromatic heterocycles. The fourth-order valence-electron chi connectivity index (χ4n) is 2.98. The summed E-state index contributed by atoms with van der Waals surface area (Å²) in [5, 5.41) is 7.42. The number of carbonyl (C=O) groups is 1. The van der Waals surface area contributed by atoms with Gasteiger partial charge in [0, 0.05) is 70.4 Å². The molecule has 0 spiro atoms. The number of nitrogens with one attached hydrogen (secondary N) is 2. The minimum atomic E-state index is 0. The average Bonchev–Trinajstić information content (AvgIpc) is 3.16. The third-order valence-corrected chi connectivity index (χ3v) is 5.74. The fourth-order valence-corrected chi connectivity index (χ4v) is 3.83. The zero-order chi connectivity index (χ0) is 20.2. The Morgan fingerprint density at radius 2 is 2.03 bits per heavy atom. The molecule has 1 aliphatic rings. The van der Waals surface area contributed by atoms with Crippen LogP contribution in [0.3, 0.4) is 0 Å². The van der Waals surface area contributed by atoms with Crippen molar-refractivity contribution in [3.63, 3.8) is 0 Å². The van der Waals surface area contributed by atoms with Gasteiger partial charge in [0.2, 0.25) is 5.91 Å². The fraction of sp³-hybridized carbons (Fsp3) is 0.737. The summed E-state index contributed by atoms with van der Waals surface area (Å²) >= 11 is 1.78. The van der Waals surface area contributed by atoms with Gasteiger partial charge in [-0.05, 0) is 13.3 Å². The molecule has 2 N–H and O–H groups in total. The smallest absolute Gasteiger partial charge is 0.234 e. The summed E-state index contributed by atoms with van der Waals surface area (Å²) in [6.45, 7) is 10.8. The number of hydrogen-bond acceptors (Lipinski definition) is 6. The van der Waals surface area contributed by atoms with Crippen molar-refractivity contribution in [3.8, 4) is 0 Å². The Morgan fingerprint density at radius 3 is 2.66 bits per heavy atom. The molecule has 1 aliphatic heterocycles. The van der Waals surface area contributed by atoms with Gasteiger partial charge in [-0.25, -0.2) is 4.98 Å². The second-order valence-corrected chi connectivity index (χ2v) is 7.87. The quantitative estimate of drug-likeness (QED) is 0.202. The maximum absolute atomic E-state index is 11.9. The molecule has 166 valence electrons. The molecule has 2 heterocycles. The molecule has 0 aliphatic carbocycles. The van der Waals surface area contributed by atoms with Crippen molar-refractivity contribution in [2.24, 2.45) is 4.99 Å². The van der Waals surface area contributed by atoms with Gasteiger partial charge >= 0.3 is 0 Å². The number of nitrogens with zero attached hydrogens (tertiary/aromatic N) is 4. The number of carbonyl (C=O) groups excluding carboxylic acids is 1. The van der Waals surface area contributed by atoms with Crippen LogP contribution in [0.1, 0.15) is 23.7 Å². The Balaban J connectivity index is 0.00000420. The van der Waals surface area contributed by atoms with Crippen molar-refractivity contribution in [2.45, 2.75) is 26.7 Å². The predicted molar refractivity (Wildman–Crippen MR) is 129 cm³/mol. The monoisotopic (exact) mass is 538 g/mol. The van der Waals surface area contributed by atoms with Crippen molar-refractivity contribution < 1.29 is 9.53 Å². The number of aromatic nitrogens is 1. The van der Waals surface area contributed by atoms with E-state index in [1.165, 1.54) is 4.88 Å². The van der Waals surface area contributed by atoms with Crippen LogP contribution in [0.2, 0.25) is 0 Å². The van der Waals surface area contributed by atoms with Crippen LogP contribution in [0.5, 0.6) is 0 Å². The normalized spacial score (nSPS) is 15.1. The van der Waals surface area contributed by atoms with E-state index < -0.39 is 0 Å². The summed E-state index contributed by atoms with van der Waals surface area (Å²) in [6, 6.07) is 0. The summed E-state index contributed by atoms with van der Waals surface area (Å²) < 4.78 is 4.95. The van der Waals surface area contributed by atoms with Gasteiger partial charge in [-0.2, -0.15) is 0 Å². The van der Waals surface area contributed by atoms with Crippen molar-refractivity contribution in [1.29, 1.82) is 0 Å². The molecular formula is C19H35IN6O2S. The summed E-state index contributed by atoms with van der Waals surface area (Å²) in [5.74, 6) is 1.01. The van der Waals surface area contributed by atoms with E-state index in [9.17, 15) is 4.79 Å². The number of amides is 1. The number of methoxy groups -OCH3 is 1. The largest absolute Gasteiger partial charge is 0.383 e. The Labute approximate surface area is 195 Å². The average molecular weight is 539 g/mol. The molecule has 0 unspecified atom stereocenters. The topological polar surface area (TPSA) is 82.1 Å². The minimum Gasteiger partial charge on any atom is -0.383 e. The second kappa shape index (κ2) is 14.9. The standard InChI is InChI=1S/C19H34N6O2S.HI/c1-4-16-14-23-18(28-16)6-7-22-19(20-5-2)25-11-9-24(10-12-25)15-17(26)21-8-13-27-3;/h14H,4-13,15H2,1-3H3,(H,20,22)(H,21,26);1H. The maximum Gasteiger partial charge on any atom is 0.234 e. The van der Waals surface area contributed by atoms with Crippen LogP contribution >= 0.6 is 35.3 Å². The second-order valence-electron chi connectivity index (χ2n) is 6.67. The van der Waals surface area contributed by atoms with Crippen LogP contribution in [0.4, 0.5) is 0 Å². The van der Waals surface area contributed by atoms with Crippen LogP contribution in [0.15, 0.2) is 11.2 Å². The van der Waals surface area contributed by atoms with Crippen LogP contribution < -0.4 is 10.6 Å². The first-order valence-corrected chi connectivity index (χ1v) is 10.9. The highest BCUT2D eigenvalue weighted by molar-refractivity contribution is 14.0. The first kappa shape index (κ1) is 26.1. The Morgan fingerprint density at radius 1 is 1.28 bits per heavy atom. The number of ether oxygens (including phenoxy) is 1. The maximum atomic E-state index is 11.9. The molecule has 0 atom stereocenters. The first-order valence-electron chi connectivity index (χ1n) is 10.1. The van der Waals surface area contributed by atoms with E-state index in [4.69, 9.17) is 9.73 Å². The number of aryl methyl sites for hydroxylation is 1. The molecule has 0 aromatic carbocycles. The number of guanidine groups is 1. The minimum absolute atomic E-state index is 0. The first-order chi connectivity index (χ1) is 13.7. The molecule has 10 heteroatoms. The van der Waals surface area contributed by atoms with Crippen LogP contribution in [0, 0.1) is 0 Å². The van der Waals surface area contributed by atoms with Gasteiger partial charge in [0.15, 0.2) is 5.96 Å². The zero-order valence-electron chi connectivity index (χ0n) is 17.8. The molecule has 0 saturated carbocycles. The summed E-state index contributed by atoms with van der Waals surface area (Å²) in [4.78, 5) is 27.0. The lowest BCUT2D eigenvalue weighted by Crippen LogP contribution is -2.54. The third kappa shape index (κ3) is 9.58. The number of hydrogen-bond donors (Lipinski definition) is 2. The van der Waals surface area contributed by atoms with E-state index in [1.54, 1.807) is 18.4 Å². The van der Waals surface area contributed by atoms with E-state index >= 15 is 0 Å². The van der Waals surface area contributed by atoms with Gasteiger partial charge in [-0.15, -0.1) is 35.3 Å². The van der Waals surface area contributed by atoms with Gasteiger partial charge in [0.1, 0.15) is 0 Å².